The van der Waals surface area contributed by atoms with Gasteiger partial charge in [0.15, 0.2) is 0 Å². The number of benzene rings is 1. The van der Waals surface area contributed by atoms with E-state index >= 15 is 0 Å². The SMILES string of the molecule is CCOC1(Nc2ccc(Br)cc2Cl)CC1. The number of halogens is 2. The maximum Gasteiger partial charge on any atom is 0.139 e. The zero-order valence-electron chi connectivity index (χ0n) is 8.52. The molecule has 4 heteroatoms. The number of nitrogens with one attached hydrogen (secondary N) is 1. The second-order valence-electron chi connectivity index (χ2n) is 3.68. The van der Waals surface area contributed by atoms with Crippen molar-refractivity contribution in [3.8, 4) is 0 Å². The third kappa shape index (κ3) is 2.65. The van der Waals surface area contributed by atoms with E-state index in [1.165, 1.54) is 0 Å². The molecule has 1 aliphatic rings. The van der Waals surface area contributed by atoms with Crippen LogP contribution >= 0.6 is 27.5 Å². The molecule has 1 aromatic carbocycles. The van der Waals surface area contributed by atoms with E-state index in [0.29, 0.717) is 0 Å². The zero-order valence-corrected chi connectivity index (χ0v) is 10.9. The fourth-order valence-corrected chi connectivity index (χ4v) is 2.25. The summed E-state index contributed by atoms with van der Waals surface area (Å²) in [6.07, 6.45) is 2.10. The lowest BCUT2D eigenvalue weighted by atomic mass is 10.3. The van der Waals surface area contributed by atoms with Crippen molar-refractivity contribution in [2.45, 2.75) is 25.5 Å². The molecule has 0 saturated heterocycles. The third-order valence-electron chi connectivity index (χ3n) is 2.42. The highest BCUT2D eigenvalue weighted by Crippen LogP contribution is 2.41. The third-order valence-corrected chi connectivity index (χ3v) is 3.22. The van der Waals surface area contributed by atoms with Crippen LogP contribution in [0.15, 0.2) is 22.7 Å². The molecule has 0 unspecified atom stereocenters. The lowest BCUT2D eigenvalue weighted by Crippen LogP contribution is -2.25. The number of hydrogen-bond donors (Lipinski definition) is 1. The van der Waals surface area contributed by atoms with Gasteiger partial charge in [-0.3, -0.25) is 0 Å². The fraction of sp³-hybridized carbons (Fsp3) is 0.455. The van der Waals surface area contributed by atoms with Gasteiger partial charge < -0.3 is 10.1 Å². The summed E-state index contributed by atoms with van der Waals surface area (Å²) in [4.78, 5) is 0. The summed E-state index contributed by atoms with van der Waals surface area (Å²) < 4.78 is 6.63. The Kier molecular flexibility index (Phi) is 3.24. The molecule has 0 spiro atoms. The summed E-state index contributed by atoms with van der Waals surface area (Å²) in [5.74, 6) is 0. The molecular weight excluding hydrogens is 277 g/mol. The minimum atomic E-state index is -0.160. The minimum Gasteiger partial charge on any atom is -0.356 e. The van der Waals surface area contributed by atoms with Crippen LogP contribution in [0.4, 0.5) is 5.69 Å². The first-order chi connectivity index (χ1) is 7.15. The molecule has 2 rings (SSSR count). The first-order valence-corrected chi connectivity index (χ1v) is 6.19. The van der Waals surface area contributed by atoms with E-state index < -0.39 is 0 Å². The minimum absolute atomic E-state index is 0.160. The molecule has 1 aliphatic carbocycles. The highest BCUT2D eigenvalue weighted by Gasteiger charge is 2.44. The van der Waals surface area contributed by atoms with Crippen LogP contribution in [-0.2, 0) is 4.74 Å². The Morgan fingerprint density at radius 1 is 1.53 bits per heavy atom. The van der Waals surface area contributed by atoms with Gasteiger partial charge in [0.25, 0.3) is 0 Å². The Bertz CT molecular complexity index is 366. The molecule has 1 N–H and O–H groups in total. The van der Waals surface area contributed by atoms with Crippen molar-refractivity contribution in [1.29, 1.82) is 0 Å². The van der Waals surface area contributed by atoms with E-state index in [0.717, 1.165) is 34.6 Å². The van der Waals surface area contributed by atoms with Crippen LogP contribution in [0.2, 0.25) is 5.02 Å². The lowest BCUT2D eigenvalue weighted by Gasteiger charge is -2.19. The van der Waals surface area contributed by atoms with Gasteiger partial charge in [0.05, 0.1) is 10.7 Å². The van der Waals surface area contributed by atoms with E-state index in [2.05, 4.69) is 21.2 Å². The molecule has 1 saturated carbocycles. The Morgan fingerprint density at radius 3 is 2.80 bits per heavy atom. The zero-order chi connectivity index (χ0) is 10.9. The summed E-state index contributed by atoms with van der Waals surface area (Å²) >= 11 is 9.49. The van der Waals surface area contributed by atoms with Gasteiger partial charge in [-0.15, -0.1) is 0 Å². The molecule has 2 nitrogen and oxygen atoms in total. The molecule has 0 aliphatic heterocycles. The largest absolute Gasteiger partial charge is 0.356 e. The summed E-state index contributed by atoms with van der Waals surface area (Å²) in [5, 5.41) is 4.07. The molecule has 1 fully saturated rings. The van der Waals surface area contributed by atoms with Crippen molar-refractivity contribution in [1.82, 2.24) is 0 Å². The molecule has 0 heterocycles. The van der Waals surface area contributed by atoms with Gasteiger partial charge in [0.1, 0.15) is 5.72 Å². The monoisotopic (exact) mass is 289 g/mol. The summed E-state index contributed by atoms with van der Waals surface area (Å²) in [7, 11) is 0. The highest BCUT2D eigenvalue weighted by molar-refractivity contribution is 9.10. The van der Waals surface area contributed by atoms with E-state index in [9.17, 15) is 0 Å². The molecular formula is C11H13BrClNO. The Balaban J connectivity index is 2.11. The topological polar surface area (TPSA) is 21.3 Å². The smallest absolute Gasteiger partial charge is 0.139 e. The summed E-state index contributed by atoms with van der Waals surface area (Å²) in [6.45, 7) is 2.73. The fourth-order valence-electron chi connectivity index (χ4n) is 1.53. The standard InChI is InChI=1S/C11H13BrClNO/c1-2-15-11(5-6-11)14-10-4-3-8(12)7-9(10)13/h3-4,7,14H,2,5-6H2,1H3. The first-order valence-electron chi connectivity index (χ1n) is 5.02. The van der Waals surface area contributed by atoms with Crippen LogP contribution < -0.4 is 5.32 Å². The van der Waals surface area contributed by atoms with Crippen molar-refractivity contribution >= 4 is 33.2 Å². The van der Waals surface area contributed by atoms with E-state index in [1.54, 1.807) is 0 Å². The van der Waals surface area contributed by atoms with Crippen molar-refractivity contribution in [2.75, 3.05) is 11.9 Å². The molecule has 15 heavy (non-hydrogen) atoms. The molecule has 0 bridgehead atoms. The van der Waals surface area contributed by atoms with E-state index in [1.807, 2.05) is 25.1 Å². The number of ether oxygens (including phenoxy) is 1. The molecule has 0 atom stereocenters. The van der Waals surface area contributed by atoms with Crippen molar-refractivity contribution in [3.05, 3.63) is 27.7 Å². The molecule has 0 aromatic heterocycles. The maximum atomic E-state index is 6.12. The Hall–Kier alpha value is -0.250. The van der Waals surface area contributed by atoms with E-state index in [4.69, 9.17) is 16.3 Å². The number of anilines is 1. The summed E-state index contributed by atoms with van der Waals surface area (Å²) in [5.41, 5.74) is 0.775. The van der Waals surface area contributed by atoms with E-state index in [-0.39, 0.29) is 5.72 Å². The van der Waals surface area contributed by atoms with Crippen LogP contribution in [0.25, 0.3) is 0 Å². The van der Waals surface area contributed by atoms with Crippen molar-refractivity contribution in [2.24, 2.45) is 0 Å². The molecule has 0 amide bonds. The van der Waals surface area contributed by atoms with Crippen LogP contribution in [-0.4, -0.2) is 12.3 Å². The van der Waals surface area contributed by atoms with Gasteiger partial charge in [-0.2, -0.15) is 0 Å². The predicted molar refractivity (Wildman–Crippen MR) is 66.4 cm³/mol. The molecule has 0 radical (unpaired) electrons. The highest BCUT2D eigenvalue weighted by atomic mass is 79.9. The van der Waals surface area contributed by atoms with Crippen LogP contribution in [0.5, 0.6) is 0 Å². The predicted octanol–water partition coefficient (Wildman–Crippen LogP) is 4.04. The summed E-state index contributed by atoms with van der Waals surface area (Å²) in [6, 6.07) is 5.81. The van der Waals surface area contributed by atoms with Crippen LogP contribution in [0.3, 0.4) is 0 Å². The normalized spacial score (nSPS) is 17.5. The second-order valence-corrected chi connectivity index (χ2v) is 5.00. The van der Waals surface area contributed by atoms with Crippen molar-refractivity contribution < 1.29 is 4.74 Å². The Morgan fingerprint density at radius 2 is 2.27 bits per heavy atom. The van der Waals surface area contributed by atoms with Crippen LogP contribution in [0, 0.1) is 0 Å². The van der Waals surface area contributed by atoms with Gasteiger partial charge in [-0.1, -0.05) is 27.5 Å². The number of rotatable bonds is 4. The quantitative estimate of drug-likeness (QED) is 0.845. The molecule has 1 aromatic rings. The van der Waals surface area contributed by atoms with Gasteiger partial charge in [-0.25, -0.2) is 0 Å². The average molecular weight is 291 g/mol. The van der Waals surface area contributed by atoms with Crippen LogP contribution in [0.1, 0.15) is 19.8 Å². The maximum absolute atomic E-state index is 6.12. The first kappa shape index (κ1) is 11.2. The second kappa shape index (κ2) is 4.32. The van der Waals surface area contributed by atoms with Gasteiger partial charge in [0, 0.05) is 11.1 Å². The molecule has 82 valence electrons. The van der Waals surface area contributed by atoms with Crippen molar-refractivity contribution in [3.63, 3.8) is 0 Å². The van der Waals surface area contributed by atoms with Gasteiger partial charge in [-0.05, 0) is 38.0 Å². The number of hydrogen-bond acceptors (Lipinski definition) is 2. The average Bonchev–Trinajstić information content (AvgIpc) is 2.91. The Labute approximate surface area is 103 Å². The van der Waals surface area contributed by atoms with Gasteiger partial charge >= 0.3 is 0 Å². The lowest BCUT2D eigenvalue weighted by molar-refractivity contribution is 0.0632. The van der Waals surface area contributed by atoms with Gasteiger partial charge in [0.2, 0.25) is 0 Å².